The van der Waals surface area contributed by atoms with Gasteiger partial charge in [0.15, 0.2) is 0 Å². The van der Waals surface area contributed by atoms with Crippen LogP contribution in [0.1, 0.15) is 94.2 Å². The van der Waals surface area contributed by atoms with Crippen LogP contribution in [-0.4, -0.2) is 21.3 Å². The van der Waals surface area contributed by atoms with Crippen molar-refractivity contribution in [3.63, 3.8) is 0 Å². The Morgan fingerprint density at radius 3 is 1.04 bits per heavy atom. The molecule has 0 heterocycles. The molecule has 0 amide bonds. The van der Waals surface area contributed by atoms with Crippen LogP contribution in [0.2, 0.25) is 30.9 Å². The molecule has 5 aromatic rings. The van der Waals surface area contributed by atoms with Crippen molar-refractivity contribution in [3.05, 3.63) is 83.9 Å². The van der Waals surface area contributed by atoms with E-state index in [0.29, 0.717) is 30.9 Å². The summed E-state index contributed by atoms with van der Waals surface area (Å²) in [6, 6.07) is 27.2. The number of fused-ring (bicyclic) bond motifs is 4. The van der Waals surface area contributed by atoms with Gasteiger partial charge in [-0.15, -0.1) is 0 Å². The van der Waals surface area contributed by atoms with E-state index in [1.165, 1.54) is 54.2 Å². The Morgan fingerprint density at radius 1 is 0.457 bits per heavy atom. The summed E-state index contributed by atoms with van der Waals surface area (Å²) in [7, 11) is -1.97. The number of hydrogen-bond acceptors (Lipinski definition) is 0. The van der Waals surface area contributed by atoms with Crippen LogP contribution in [-0.2, 0) is 0 Å². The van der Waals surface area contributed by atoms with Gasteiger partial charge in [0.2, 0.25) is 0 Å². The molecule has 0 atom stereocenters. The number of rotatable bonds is 6. The number of hydrogen-bond donors (Lipinski definition) is 0. The molecule has 46 heavy (non-hydrogen) atoms. The van der Waals surface area contributed by atoms with Crippen molar-refractivity contribution in [2.75, 3.05) is 0 Å². The quantitative estimate of drug-likeness (QED) is 0.0949. The Kier molecular flexibility index (Phi) is 9.90. The van der Waals surface area contributed by atoms with Crippen molar-refractivity contribution in [2.24, 2.45) is 0 Å². The molecular weight excluding hydrogens is 629 g/mol. The molecule has 0 radical (unpaired) electrons. The molecule has 0 nitrogen and oxygen atoms in total. The summed E-state index contributed by atoms with van der Waals surface area (Å²) >= 11 is -2.62. The average Bonchev–Trinajstić information content (AvgIpc) is 2.99. The van der Waals surface area contributed by atoms with Crippen LogP contribution in [0, 0.1) is 22.1 Å². The van der Waals surface area contributed by atoms with Gasteiger partial charge in [-0.1, -0.05) is 0 Å². The third-order valence-corrected chi connectivity index (χ3v) is 30.9. The molecular formula is C44H54GeSi. The van der Waals surface area contributed by atoms with Crippen molar-refractivity contribution in [2.45, 2.75) is 114 Å². The minimum atomic E-state index is -2.62. The van der Waals surface area contributed by atoms with Gasteiger partial charge in [0.25, 0.3) is 0 Å². The fraction of sp³-hybridized carbons (Fsp3) is 0.409. The summed E-state index contributed by atoms with van der Waals surface area (Å²) in [5.41, 5.74) is 8.20. The maximum atomic E-state index is 4.16. The molecule has 0 aliphatic carbocycles. The molecule has 0 unspecified atom stereocenters. The van der Waals surface area contributed by atoms with Gasteiger partial charge >= 0.3 is 284 Å². The first-order chi connectivity index (χ1) is 21.7. The van der Waals surface area contributed by atoms with E-state index in [1.54, 1.807) is 0 Å². The van der Waals surface area contributed by atoms with Crippen LogP contribution in [0.3, 0.4) is 0 Å². The monoisotopic (exact) mass is 684 g/mol. The molecule has 0 spiro atoms. The van der Waals surface area contributed by atoms with E-state index in [1.807, 2.05) is 0 Å². The van der Waals surface area contributed by atoms with E-state index in [2.05, 4.69) is 178 Å². The summed E-state index contributed by atoms with van der Waals surface area (Å²) in [5, 5.41) is 10.0. The molecule has 5 aromatic carbocycles. The summed E-state index contributed by atoms with van der Waals surface area (Å²) in [6.07, 6.45) is 0. The van der Waals surface area contributed by atoms with Crippen LogP contribution in [0.25, 0.3) is 43.1 Å². The topological polar surface area (TPSA) is 0 Å². The van der Waals surface area contributed by atoms with Crippen LogP contribution < -0.4 is 0 Å². The molecule has 2 heteroatoms. The molecule has 0 aromatic heterocycles. The standard InChI is InChI=1S/C44H54GeSi/c1-29(2)45(30(3)4,31(5)6)23-21-39-41-25-35-17-13-15-19-37(35)27-43(41)40(22-24-46(32(7)8,33(9)10)34(11)12)44-28-38-20-16-14-18-36(38)26-42(39)44/h13-20,25-34H,1-12H3. The summed E-state index contributed by atoms with van der Waals surface area (Å²) in [4.78, 5) is 0. The third kappa shape index (κ3) is 5.74. The fourth-order valence-electron chi connectivity index (χ4n) is 9.07. The van der Waals surface area contributed by atoms with Crippen LogP contribution in [0.4, 0.5) is 0 Å². The Morgan fingerprint density at radius 2 is 0.761 bits per heavy atom. The summed E-state index contributed by atoms with van der Waals surface area (Å²) in [5.74, 6) is 7.97. The van der Waals surface area contributed by atoms with Crippen LogP contribution >= 0.6 is 0 Å². The Labute approximate surface area is 283 Å². The van der Waals surface area contributed by atoms with E-state index >= 15 is 0 Å². The molecule has 5 rings (SSSR count). The predicted octanol–water partition coefficient (Wildman–Crippen LogP) is 13.4. The first-order valence-electron chi connectivity index (χ1n) is 17.6. The van der Waals surface area contributed by atoms with Gasteiger partial charge in [-0.2, -0.15) is 0 Å². The van der Waals surface area contributed by atoms with Crippen molar-refractivity contribution in [1.29, 1.82) is 0 Å². The first kappa shape index (κ1) is 34.4. The molecule has 238 valence electrons. The Balaban J connectivity index is 2.02. The molecule has 0 saturated carbocycles. The average molecular weight is 684 g/mol. The van der Waals surface area contributed by atoms with E-state index in [9.17, 15) is 0 Å². The molecule has 0 N–H and O–H groups in total. The molecule has 0 bridgehead atoms. The Hall–Kier alpha value is -2.98. The minimum absolute atomic E-state index is 0.576. The van der Waals surface area contributed by atoms with Crippen molar-refractivity contribution >= 4 is 64.4 Å². The van der Waals surface area contributed by atoms with Gasteiger partial charge in [-0.3, -0.25) is 0 Å². The first-order valence-corrected chi connectivity index (χ1v) is 24.5. The zero-order chi connectivity index (χ0) is 33.6. The van der Waals surface area contributed by atoms with Crippen LogP contribution in [0.5, 0.6) is 0 Å². The summed E-state index contributed by atoms with van der Waals surface area (Å²) < 4.78 is 6.03. The van der Waals surface area contributed by atoms with Gasteiger partial charge in [0, 0.05) is 0 Å². The van der Waals surface area contributed by atoms with E-state index in [0.717, 1.165) is 0 Å². The second-order valence-corrected chi connectivity index (χ2v) is 32.8. The van der Waals surface area contributed by atoms with Crippen molar-refractivity contribution < 1.29 is 0 Å². The van der Waals surface area contributed by atoms with Gasteiger partial charge in [-0.05, 0) is 0 Å². The van der Waals surface area contributed by atoms with Crippen LogP contribution in [0.15, 0.2) is 72.8 Å². The second-order valence-electron chi connectivity index (χ2n) is 15.5. The molecule has 0 aliphatic rings. The van der Waals surface area contributed by atoms with E-state index in [4.69, 9.17) is 0 Å². The zero-order valence-corrected chi connectivity index (χ0v) is 33.5. The Bertz CT molecular complexity index is 1750. The molecule has 0 fully saturated rings. The molecule has 0 aliphatic heterocycles. The number of benzene rings is 5. The van der Waals surface area contributed by atoms with E-state index in [-0.39, 0.29) is 0 Å². The van der Waals surface area contributed by atoms with Gasteiger partial charge in [0.1, 0.15) is 0 Å². The second kappa shape index (κ2) is 13.3. The SMILES string of the molecule is CC(C)[Si](C#Cc1c2cc3ccccc3cc2c(C#[C][Ge]([CH](C)C)([CH](C)C)[CH](C)C)c2cc3ccccc3cc12)(C(C)C)C(C)C. The van der Waals surface area contributed by atoms with Gasteiger partial charge in [-0.25, -0.2) is 0 Å². The van der Waals surface area contributed by atoms with Gasteiger partial charge < -0.3 is 0 Å². The maximum absolute atomic E-state index is 4.16. The summed E-state index contributed by atoms with van der Waals surface area (Å²) in [6.45, 7) is 29.0. The van der Waals surface area contributed by atoms with Crippen molar-refractivity contribution in [3.8, 4) is 22.1 Å². The van der Waals surface area contributed by atoms with Crippen molar-refractivity contribution in [1.82, 2.24) is 0 Å². The van der Waals surface area contributed by atoms with Gasteiger partial charge in [0.05, 0.1) is 0 Å². The predicted molar refractivity (Wildman–Crippen MR) is 212 cm³/mol. The molecule has 0 saturated heterocycles. The zero-order valence-electron chi connectivity index (χ0n) is 30.4. The normalized spacial score (nSPS) is 12.7. The third-order valence-electron chi connectivity index (χ3n) is 11.4. The fourth-order valence-corrected chi connectivity index (χ4v) is 25.2. The van der Waals surface area contributed by atoms with E-state index < -0.39 is 21.3 Å².